The maximum absolute atomic E-state index is 13.2. The van der Waals surface area contributed by atoms with Gasteiger partial charge in [-0.1, -0.05) is 0 Å². The molecule has 0 saturated heterocycles. The van der Waals surface area contributed by atoms with E-state index in [0.29, 0.717) is 24.3 Å². The number of nitrogens with zero attached hydrogens (tertiary/aromatic N) is 1. The molecule has 0 aliphatic heterocycles. The van der Waals surface area contributed by atoms with Crippen LogP contribution in [0.5, 0.6) is 5.75 Å². The summed E-state index contributed by atoms with van der Waals surface area (Å²) >= 11 is 0. The smallest absolute Gasteiger partial charge is 0.127 e. The van der Waals surface area contributed by atoms with Crippen LogP contribution in [0.1, 0.15) is 24.8 Å². The van der Waals surface area contributed by atoms with Crippen molar-refractivity contribution in [2.24, 2.45) is 11.1 Å². The molecule has 0 heterocycles. The summed E-state index contributed by atoms with van der Waals surface area (Å²) in [7, 11) is 0. The van der Waals surface area contributed by atoms with Crippen molar-refractivity contribution in [1.29, 1.82) is 5.26 Å². The molecule has 0 aromatic heterocycles. The van der Waals surface area contributed by atoms with Crippen molar-refractivity contribution in [3.05, 3.63) is 29.6 Å². The highest BCUT2D eigenvalue weighted by Gasteiger charge is 2.43. The quantitative estimate of drug-likeness (QED) is 0.850. The molecule has 1 aromatic rings. The maximum atomic E-state index is 13.2. The lowest BCUT2D eigenvalue weighted by Crippen LogP contribution is -2.12. The average molecular weight is 234 g/mol. The van der Waals surface area contributed by atoms with Crippen molar-refractivity contribution in [1.82, 2.24) is 0 Å². The van der Waals surface area contributed by atoms with E-state index in [1.807, 2.05) is 0 Å². The molecule has 17 heavy (non-hydrogen) atoms. The van der Waals surface area contributed by atoms with Crippen LogP contribution < -0.4 is 10.5 Å². The van der Waals surface area contributed by atoms with E-state index in [-0.39, 0.29) is 17.8 Å². The minimum atomic E-state index is -0.340. The zero-order chi connectivity index (χ0) is 12.3. The molecule has 1 aliphatic carbocycles. The van der Waals surface area contributed by atoms with Crippen LogP contribution in [0.25, 0.3) is 0 Å². The van der Waals surface area contributed by atoms with Gasteiger partial charge in [-0.25, -0.2) is 4.39 Å². The molecule has 2 N–H and O–H groups in total. The van der Waals surface area contributed by atoms with Gasteiger partial charge in [-0.05, 0) is 30.5 Å². The van der Waals surface area contributed by atoms with Gasteiger partial charge in [0.05, 0.1) is 12.7 Å². The number of rotatable bonds is 5. The molecule has 1 fully saturated rings. The molecular formula is C13H15FN2O. The molecule has 4 heteroatoms. The molecule has 0 bridgehead atoms. The standard InChI is InChI=1S/C13H15FN2O/c14-11-5-10(8-16)6-12(7-11)17-9-13(1-2-13)3-4-15/h5-7H,1-3,8-9,16H2. The van der Waals surface area contributed by atoms with Gasteiger partial charge >= 0.3 is 0 Å². The summed E-state index contributed by atoms with van der Waals surface area (Å²) in [5.41, 5.74) is 6.18. The highest BCUT2D eigenvalue weighted by molar-refractivity contribution is 5.29. The number of nitriles is 1. The summed E-state index contributed by atoms with van der Waals surface area (Å²) in [5.74, 6) is 0.155. The van der Waals surface area contributed by atoms with E-state index in [9.17, 15) is 4.39 Å². The first-order valence-corrected chi connectivity index (χ1v) is 5.67. The molecule has 0 atom stereocenters. The number of ether oxygens (including phenoxy) is 1. The van der Waals surface area contributed by atoms with Crippen molar-refractivity contribution < 1.29 is 9.13 Å². The molecule has 1 aliphatic rings. The van der Waals surface area contributed by atoms with E-state index in [2.05, 4.69) is 6.07 Å². The molecule has 0 amide bonds. The predicted molar refractivity (Wildman–Crippen MR) is 61.7 cm³/mol. The highest BCUT2D eigenvalue weighted by Crippen LogP contribution is 2.48. The van der Waals surface area contributed by atoms with Gasteiger partial charge in [0.1, 0.15) is 11.6 Å². The minimum absolute atomic E-state index is 0.00391. The third-order valence-corrected chi connectivity index (χ3v) is 3.12. The average Bonchev–Trinajstić information content (AvgIpc) is 3.07. The van der Waals surface area contributed by atoms with Gasteiger partial charge in [-0.3, -0.25) is 0 Å². The topological polar surface area (TPSA) is 59.0 Å². The Labute approximate surface area is 100.0 Å². The Hall–Kier alpha value is -1.60. The summed E-state index contributed by atoms with van der Waals surface area (Å²) in [6.45, 7) is 0.769. The highest BCUT2D eigenvalue weighted by atomic mass is 19.1. The van der Waals surface area contributed by atoms with Crippen LogP contribution in [0.3, 0.4) is 0 Å². The zero-order valence-corrected chi connectivity index (χ0v) is 9.58. The van der Waals surface area contributed by atoms with Gasteiger partial charge in [0, 0.05) is 24.4 Å². The fraction of sp³-hybridized carbons (Fsp3) is 0.462. The van der Waals surface area contributed by atoms with Gasteiger partial charge < -0.3 is 10.5 Å². The van der Waals surface area contributed by atoms with Gasteiger partial charge in [0.2, 0.25) is 0 Å². The lowest BCUT2D eigenvalue weighted by molar-refractivity contribution is 0.236. The summed E-state index contributed by atoms with van der Waals surface area (Å²) < 4.78 is 18.8. The van der Waals surface area contributed by atoms with Crippen LogP contribution in [0.4, 0.5) is 4.39 Å². The molecule has 90 valence electrons. The monoisotopic (exact) mass is 234 g/mol. The van der Waals surface area contributed by atoms with Gasteiger partial charge in [0.15, 0.2) is 0 Å². The third kappa shape index (κ3) is 2.95. The Morgan fingerprint density at radius 3 is 2.76 bits per heavy atom. The zero-order valence-electron chi connectivity index (χ0n) is 9.58. The van der Waals surface area contributed by atoms with Crippen LogP contribution >= 0.6 is 0 Å². The van der Waals surface area contributed by atoms with Crippen molar-refractivity contribution in [3.63, 3.8) is 0 Å². The fourth-order valence-electron chi connectivity index (χ4n) is 1.77. The van der Waals surface area contributed by atoms with E-state index in [4.69, 9.17) is 15.7 Å². The fourth-order valence-corrected chi connectivity index (χ4v) is 1.77. The molecule has 0 radical (unpaired) electrons. The first-order chi connectivity index (χ1) is 8.17. The van der Waals surface area contributed by atoms with Crippen LogP contribution in [0.2, 0.25) is 0 Å². The maximum Gasteiger partial charge on any atom is 0.127 e. The lowest BCUT2D eigenvalue weighted by atomic mass is 10.1. The van der Waals surface area contributed by atoms with Gasteiger partial charge in [0.25, 0.3) is 0 Å². The van der Waals surface area contributed by atoms with Crippen molar-refractivity contribution >= 4 is 0 Å². The Morgan fingerprint density at radius 2 is 2.18 bits per heavy atom. The second-order valence-corrected chi connectivity index (χ2v) is 4.62. The third-order valence-electron chi connectivity index (χ3n) is 3.12. The van der Waals surface area contributed by atoms with Crippen molar-refractivity contribution in [3.8, 4) is 11.8 Å². The summed E-state index contributed by atoms with van der Waals surface area (Å²) in [5, 5.41) is 8.68. The lowest BCUT2D eigenvalue weighted by Gasteiger charge is -2.13. The second-order valence-electron chi connectivity index (χ2n) is 4.62. The first kappa shape index (κ1) is 11.9. The van der Waals surface area contributed by atoms with Gasteiger partial charge in [-0.15, -0.1) is 0 Å². The molecule has 0 unspecified atom stereocenters. The van der Waals surface area contributed by atoms with E-state index < -0.39 is 0 Å². The Kier molecular flexibility index (Phi) is 3.30. The van der Waals surface area contributed by atoms with E-state index in [0.717, 1.165) is 12.8 Å². The van der Waals surface area contributed by atoms with Crippen LogP contribution in [0.15, 0.2) is 18.2 Å². The molecule has 2 rings (SSSR count). The number of benzene rings is 1. The van der Waals surface area contributed by atoms with Crippen LogP contribution in [-0.4, -0.2) is 6.61 Å². The summed E-state index contributed by atoms with van der Waals surface area (Å²) in [6, 6.07) is 6.65. The molecule has 3 nitrogen and oxygen atoms in total. The summed E-state index contributed by atoms with van der Waals surface area (Å²) in [6.07, 6.45) is 2.53. The van der Waals surface area contributed by atoms with Crippen LogP contribution in [-0.2, 0) is 6.54 Å². The van der Waals surface area contributed by atoms with Gasteiger partial charge in [-0.2, -0.15) is 5.26 Å². The molecule has 1 aromatic carbocycles. The Balaban J connectivity index is 1.99. The number of hydrogen-bond donors (Lipinski definition) is 1. The predicted octanol–water partition coefficient (Wildman–Crippen LogP) is 2.36. The molecular weight excluding hydrogens is 219 g/mol. The van der Waals surface area contributed by atoms with E-state index >= 15 is 0 Å². The number of nitrogens with two attached hydrogens (primary N) is 1. The normalized spacial score (nSPS) is 16.3. The second kappa shape index (κ2) is 4.72. The number of hydrogen-bond acceptors (Lipinski definition) is 3. The van der Waals surface area contributed by atoms with E-state index in [1.54, 1.807) is 6.07 Å². The Bertz CT molecular complexity index is 449. The number of halogens is 1. The molecule has 0 spiro atoms. The Morgan fingerprint density at radius 1 is 1.41 bits per heavy atom. The molecule has 1 saturated carbocycles. The van der Waals surface area contributed by atoms with Crippen LogP contribution in [0, 0.1) is 22.6 Å². The van der Waals surface area contributed by atoms with Crippen molar-refractivity contribution in [2.75, 3.05) is 6.61 Å². The largest absolute Gasteiger partial charge is 0.493 e. The van der Waals surface area contributed by atoms with E-state index in [1.165, 1.54) is 12.1 Å². The minimum Gasteiger partial charge on any atom is -0.493 e. The summed E-state index contributed by atoms with van der Waals surface area (Å²) in [4.78, 5) is 0. The van der Waals surface area contributed by atoms with Crippen molar-refractivity contribution in [2.45, 2.75) is 25.8 Å². The first-order valence-electron chi connectivity index (χ1n) is 5.67. The SMILES string of the molecule is N#CCC1(COc2cc(F)cc(CN)c2)CC1.